The fourth-order valence-corrected chi connectivity index (χ4v) is 5.92. The minimum atomic E-state index is -0.244. The SMILES string of the molecule is Nc1c(C(=O)Nc2ccc(Oc3ccc(Cl)cc3)cc2)sc2nc3c(cc12)CC(c1ccccc1)CC3. The van der Waals surface area contributed by atoms with Gasteiger partial charge in [-0.1, -0.05) is 41.9 Å². The summed E-state index contributed by atoms with van der Waals surface area (Å²) in [5.41, 5.74) is 11.3. The van der Waals surface area contributed by atoms with Crippen molar-refractivity contribution in [1.82, 2.24) is 4.98 Å². The van der Waals surface area contributed by atoms with Crippen LogP contribution >= 0.6 is 22.9 Å². The Balaban J connectivity index is 1.19. The van der Waals surface area contributed by atoms with Crippen LogP contribution in [0.5, 0.6) is 11.5 Å². The van der Waals surface area contributed by atoms with Crippen molar-refractivity contribution in [1.29, 1.82) is 0 Å². The Morgan fingerprint density at radius 1 is 1.00 bits per heavy atom. The fraction of sp³-hybridized carbons (Fsp3) is 0.133. The topological polar surface area (TPSA) is 77.2 Å². The first kappa shape index (κ1) is 23.5. The molecule has 3 aromatic carbocycles. The fourth-order valence-electron chi connectivity index (χ4n) is 4.80. The van der Waals surface area contributed by atoms with E-state index in [0.717, 1.165) is 35.2 Å². The Kier molecular flexibility index (Phi) is 6.28. The van der Waals surface area contributed by atoms with Gasteiger partial charge in [-0.15, -0.1) is 11.3 Å². The Hall–Kier alpha value is -3.87. The number of thiophene rings is 1. The average molecular weight is 526 g/mol. The smallest absolute Gasteiger partial charge is 0.267 e. The van der Waals surface area contributed by atoms with Gasteiger partial charge in [0.2, 0.25) is 0 Å². The van der Waals surface area contributed by atoms with Gasteiger partial charge in [-0.25, -0.2) is 4.98 Å². The van der Waals surface area contributed by atoms with Crippen LogP contribution in [0, 0.1) is 0 Å². The number of hydrogen-bond acceptors (Lipinski definition) is 5. The van der Waals surface area contributed by atoms with E-state index in [0.29, 0.717) is 38.7 Å². The Morgan fingerprint density at radius 3 is 2.43 bits per heavy atom. The van der Waals surface area contributed by atoms with E-state index < -0.39 is 0 Å². The van der Waals surface area contributed by atoms with Gasteiger partial charge >= 0.3 is 0 Å². The van der Waals surface area contributed by atoms with Gasteiger partial charge in [0.15, 0.2) is 0 Å². The lowest BCUT2D eigenvalue weighted by molar-refractivity contribution is 0.103. The van der Waals surface area contributed by atoms with Crippen molar-refractivity contribution in [2.24, 2.45) is 0 Å². The molecule has 7 heteroatoms. The first-order chi connectivity index (χ1) is 18.0. The molecule has 2 heterocycles. The van der Waals surface area contributed by atoms with Gasteiger partial charge in [-0.2, -0.15) is 0 Å². The van der Waals surface area contributed by atoms with Gasteiger partial charge in [0.1, 0.15) is 21.2 Å². The molecule has 1 unspecified atom stereocenters. The van der Waals surface area contributed by atoms with Crippen molar-refractivity contribution in [3.05, 3.63) is 112 Å². The number of anilines is 2. The normalized spacial score (nSPS) is 14.8. The summed E-state index contributed by atoms with van der Waals surface area (Å²) in [4.78, 5) is 19.3. The zero-order valence-corrected chi connectivity index (χ0v) is 21.5. The molecule has 0 bridgehead atoms. The summed E-state index contributed by atoms with van der Waals surface area (Å²) in [6.07, 6.45) is 2.93. The van der Waals surface area contributed by atoms with Crippen LogP contribution < -0.4 is 15.8 Å². The van der Waals surface area contributed by atoms with E-state index in [4.69, 9.17) is 27.1 Å². The van der Waals surface area contributed by atoms with Gasteiger partial charge in [-0.3, -0.25) is 4.79 Å². The summed E-state index contributed by atoms with van der Waals surface area (Å²) in [6.45, 7) is 0. The number of rotatable bonds is 5. The second-order valence-corrected chi connectivity index (χ2v) is 10.6. The number of nitrogens with two attached hydrogens (primary N) is 1. The van der Waals surface area contributed by atoms with Gasteiger partial charge in [-0.05, 0) is 90.9 Å². The first-order valence-corrected chi connectivity index (χ1v) is 13.3. The van der Waals surface area contributed by atoms with Gasteiger partial charge in [0.25, 0.3) is 5.91 Å². The largest absolute Gasteiger partial charge is 0.457 e. The average Bonchev–Trinajstić information content (AvgIpc) is 3.25. The van der Waals surface area contributed by atoms with E-state index in [1.807, 2.05) is 6.07 Å². The quantitative estimate of drug-likeness (QED) is 0.245. The van der Waals surface area contributed by atoms with Crippen molar-refractivity contribution < 1.29 is 9.53 Å². The van der Waals surface area contributed by atoms with Crippen LogP contribution in [0.1, 0.15) is 38.8 Å². The number of nitrogens with one attached hydrogen (secondary N) is 1. The van der Waals surface area contributed by atoms with Crippen LogP contribution in [-0.2, 0) is 12.8 Å². The number of benzene rings is 3. The Bertz CT molecular complexity index is 1580. The van der Waals surface area contributed by atoms with Gasteiger partial charge < -0.3 is 15.8 Å². The second kappa shape index (κ2) is 9.88. The number of hydrogen-bond donors (Lipinski definition) is 2. The highest BCUT2D eigenvalue weighted by Crippen LogP contribution is 2.38. The molecule has 1 aliphatic carbocycles. The zero-order valence-electron chi connectivity index (χ0n) is 19.9. The molecule has 37 heavy (non-hydrogen) atoms. The molecule has 0 saturated heterocycles. The van der Waals surface area contributed by atoms with Crippen molar-refractivity contribution in [2.45, 2.75) is 25.2 Å². The summed E-state index contributed by atoms with van der Waals surface area (Å²) in [5.74, 6) is 1.57. The van der Waals surface area contributed by atoms with Crippen molar-refractivity contribution in [3.8, 4) is 11.5 Å². The highest BCUT2D eigenvalue weighted by atomic mass is 35.5. The third kappa shape index (κ3) is 4.90. The van der Waals surface area contributed by atoms with Crippen LogP contribution in [0.15, 0.2) is 84.9 Å². The lowest BCUT2D eigenvalue weighted by Gasteiger charge is -2.24. The van der Waals surface area contributed by atoms with Gasteiger partial charge in [0.05, 0.1) is 5.69 Å². The number of carbonyl (C=O) groups is 1. The maximum Gasteiger partial charge on any atom is 0.267 e. The van der Waals surface area contributed by atoms with Crippen LogP contribution in [0.3, 0.4) is 0 Å². The van der Waals surface area contributed by atoms with Crippen LogP contribution in [0.2, 0.25) is 5.02 Å². The van der Waals surface area contributed by atoms with Gasteiger partial charge in [0, 0.05) is 21.8 Å². The molecule has 1 amide bonds. The van der Waals surface area contributed by atoms with Crippen LogP contribution in [0.4, 0.5) is 11.4 Å². The predicted octanol–water partition coefficient (Wildman–Crippen LogP) is 7.85. The highest BCUT2D eigenvalue weighted by Gasteiger charge is 2.24. The van der Waals surface area contributed by atoms with Crippen molar-refractivity contribution in [3.63, 3.8) is 0 Å². The molecule has 3 N–H and O–H groups in total. The van der Waals surface area contributed by atoms with E-state index in [1.165, 1.54) is 22.5 Å². The van der Waals surface area contributed by atoms with E-state index in [-0.39, 0.29) is 5.91 Å². The molecule has 2 aromatic heterocycles. The van der Waals surface area contributed by atoms with E-state index >= 15 is 0 Å². The van der Waals surface area contributed by atoms with Crippen LogP contribution in [0.25, 0.3) is 10.2 Å². The molecule has 5 aromatic rings. The first-order valence-electron chi connectivity index (χ1n) is 12.1. The molecule has 6 rings (SSSR count). The Labute approximate surface area is 223 Å². The molecular weight excluding hydrogens is 502 g/mol. The highest BCUT2D eigenvalue weighted by molar-refractivity contribution is 7.21. The molecule has 184 valence electrons. The van der Waals surface area contributed by atoms with E-state index in [2.05, 4.69) is 35.6 Å². The molecule has 0 fully saturated rings. The third-order valence-electron chi connectivity index (χ3n) is 6.72. The standard InChI is InChI=1S/C30H24ClN3O2S/c31-21-7-11-23(12-8-21)36-24-13-9-22(10-14-24)33-29(35)28-27(32)25-17-20-16-19(18-4-2-1-3-5-18)6-15-26(20)34-30(25)37-28/h1-5,7-14,17,19H,6,15-16,32H2,(H,33,35). The van der Waals surface area contributed by atoms with E-state index in [9.17, 15) is 4.79 Å². The maximum atomic E-state index is 13.1. The molecule has 0 aliphatic heterocycles. The predicted molar refractivity (Wildman–Crippen MR) is 151 cm³/mol. The monoisotopic (exact) mass is 525 g/mol. The number of aryl methyl sites for hydroxylation is 1. The number of nitrogens with zero attached hydrogens (tertiary/aromatic N) is 1. The molecule has 1 atom stereocenters. The molecule has 0 spiro atoms. The lowest BCUT2D eigenvalue weighted by atomic mass is 9.82. The van der Waals surface area contributed by atoms with E-state index in [1.54, 1.807) is 48.5 Å². The number of ether oxygens (including phenoxy) is 1. The number of nitrogen functional groups attached to an aromatic ring is 1. The second-order valence-electron chi connectivity index (χ2n) is 9.18. The summed E-state index contributed by atoms with van der Waals surface area (Å²) in [5, 5.41) is 4.45. The lowest BCUT2D eigenvalue weighted by Crippen LogP contribution is -2.14. The summed E-state index contributed by atoms with van der Waals surface area (Å²) in [6, 6.07) is 27.1. The number of halogens is 1. The summed E-state index contributed by atoms with van der Waals surface area (Å²) in [7, 11) is 0. The zero-order chi connectivity index (χ0) is 25.4. The molecule has 0 radical (unpaired) electrons. The number of amides is 1. The Morgan fingerprint density at radius 2 is 1.70 bits per heavy atom. The van der Waals surface area contributed by atoms with Crippen molar-refractivity contribution in [2.75, 3.05) is 11.1 Å². The molecule has 0 saturated carbocycles. The minimum absolute atomic E-state index is 0.244. The van der Waals surface area contributed by atoms with Crippen molar-refractivity contribution >= 4 is 50.4 Å². The number of carbonyl (C=O) groups excluding carboxylic acids is 1. The number of pyridine rings is 1. The summed E-state index contributed by atoms with van der Waals surface area (Å²) >= 11 is 7.27. The third-order valence-corrected chi connectivity index (χ3v) is 8.09. The summed E-state index contributed by atoms with van der Waals surface area (Å²) < 4.78 is 5.82. The molecule has 1 aliphatic rings. The minimum Gasteiger partial charge on any atom is -0.457 e. The number of fused-ring (bicyclic) bond motifs is 2. The van der Waals surface area contributed by atoms with Crippen LogP contribution in [-0.4, -0.2) is 10.9 Å². The molecule has 5 nitrogen and oxygen atoms in total. The number of aromatic nitrogens is 1. The molecular formula is C30H24ClN3O2S. The maximum absolute atomic E-state index is 13.1.